The van der Waals surface area contributed by atoms with E-state index in [4.69, 9.17) is 26.8 Å². The van der Waals surface area contributed by atoms with Crippen LogP contribution in [0.1, 0.15) is 32.6 Å². The summed E-state index contributed by atoms with van der Waals surface area (Å²) < 4.78 is 12.4. The summed E-state index contributed by atoms with van der Waals surface area (Å²) >= 11 is 6.12. The lowest BCUT2D eigenvalue weighted by Gasteiger charge is -2.37. The van der Waals surface area contributed by atoms with E-state index in [-0.39, 0.29) is 5.97 Å². The molecule has 2 aliphatic heterocycles. The fraction of sp³-hybridized carbons (Fsp3) is 0.0741. The van der Waals surface area contributed by atoms with Crippen molar-refractivity contribution in [2.45, 2.75) is 12.5 Å². The number of aryl methyl sites for hydroxylation is 1. The van der Waals surface area contributed by atoms with Crippen LogP contribution in [-0.4, -0.2) is 5.97 Å². The molecule has 0 aliphatic carbocycles. The number of nitrogens with two attached hydrogens (primary N) is 1. The number of halogens is 1. The number of nitrogens with one attached hydrogen (secondary N) is 1. The van der Waals surface area contributed by atoms with Gasteiger partial charge < -0.3 is 20.5 Å². The minimum Gasteiger partial charge on any atom is -0.456 e. The van der Waals surface area contributed by atoms with Gasteiger partial charge in [0.25, 0.3) is 0 Å². The zero-order valence-corrected chi connectivity index (χ0v) is 18.4. The third kappa shape index (κ3) is 2.76. The van der Waals surface area contributed by atoms with Crippen LogP contribution in [0.4, 0.5) is 17.1 Å². The lowest BCUT2D eigenvalue weighted by atomic mass is 9.77. The second kappa shape index (κ2) is 7.02. The van der Waals surface area contributed by atoms with Crippen LogP contribution in [0, 0.1) is 6.92 Å². The Bertz CT molecular complexity index is 1470. The van der Waals surface area contributed by atoms with Gasteiger partial charge in [-0.1, -0.05) is 48.0 Å². The summed E-state index contributed by atoms with van der Waals surface area (Å²) in [5.74, 6) is 0.789. The average molecular weight is 455 g/mol. The number of benzene rings is 4. The Morgan fingerprint density at radius 3 is 2.42 bits per heavy atom. The van der Waals surface area contributed by atoms with Crippen molar-refractivity contribution in [3.63, 3.8) is 0 Å². The molecule has 0 aromatic heterocycles. The monoisotopic (exact) mass is 454 g/mol. The molecule has 6 heteroatoms. The van der Waals surface area contributed by atoms with Crippen LogP contribution >= 0.6 is 11.6 Å². The first kappa shape index (κ1) is 19.7. The number of nitrogen functional groups attached to an aromatic ring is 1. The Morgan fingerprint density at radius 2 is 1.61 bits per heavy atom. The first-order valence-electron chi connectivity index (χ1n) is 10.6. The maximum Gasteiger partial charge on any atom is 0.340 e. The number of fused-ring (bicyclic) bond motifs is 6. The van der Waals surface area contributed by atoms with Crippen LogP contribution in [0.25, 0.3) is 0 Å². The van der Waals surface area contributed by atoms with Crippen LogP contribution in [0.2, 0.25) is 5.02 Å². The number of carbonyl (C=O) groups excluding carboxylic acids is 1. The highest BCUT2D eigenvalue weighted by molar-refractivity contribution is 6.30. The predicted octanol–water partition coefficient (Wildman–Crippen LogP) is 6.54. The number of esters is 1. The molecule has 2 aliphatic rings. The van der Waals surface area contributed by atoms with Crippen molar-refractivity contribution in [2.75, 3.05) is 11.1 Å². The molecule has 1 unspecified atom stereocenters. The van der Waals surface area contributed by atoms with Gasteiger partial charge in [0, 0.05) is 21.8 Å². The zero-order chi connectivity index (χ0) is 22.7. The summed E-state index contributed by atoms with van der Waals surface area (Å²) in [4.78, 5) is 13.0. The molecular formula is C27H19ClN2O3. The van der Waals surface area contributed by atoms with E-state index in [9.17, 15) is 4.79 Å². The first-order valence-corrected chi connectivity index (χ1v) is 10.9. The molecule has 1 atom stereocenters. The van der Waals surface area contributed by atoms with Crippen LogP contribution in [-0.2, 0) is 10.3 Å². The van der Waals surface area contributed by atoms with Gasteiger partial charge in [0.05, 0.1) is 22.5 Å². The summed E-state index contributed by atoms with van der Waals surface area (Å²) in [6.07, 6.45) is 0. The van der Waals surface area contributed by atoms with Crippen molar-refractivity contribution in [1.82, 2.24) is 0 Å². The Kier molecular flexibility index (Phi) is 4.19. The maximum atomic E-state index is 13.0. The number of anilines is 3. The van der Waals surface area contributed by atoms with Crippen molar-refractivity contribution in [3.8, 4) is 11.5 Å². The van der Waals surface area contributed by atoms with Gasteiger partial charge in [-0.2, -0.15) is 0 Å². The number of hydrogen-bond donors (Lipinski definition) is 2. The third-order valence-electron chi connectivity index (χ3n) is 6.28. The van der Waals surface area contributed by atoms with Crippen LogP contribution in [0.3, 0.4) is 0 Å². The molecule has 6 rings (SSSR count). The van der Waals surface area contributed by atoms with Gasteiger partial charge in [0.2, 0.25) is 0 Å². The van der Waals surface area contributed by atoms with Crippen LogP contribution in [0.5, 0.6) is 11.5 Å². The molecule has 0 saturated carbocycles. The molecule has 33 heavy (non-hydrogen) atoms. The average Bonchev–Trinajstić information content (AvgIpc) is 3.10. The molecule has 4 aromatic rings. The van der Waals surface area contributed by atoms with Crippen molar-refractivity contribution in [1.29, 1.82) is 0 Å². The first-order chi connectivity index (χ1) is 16.0. The smallest absolute Gasteiger partial charge is 0.340 e. The van der Waals surface area contributed by atoms with Gasteiger partial charge in [-0.3, -0.25) is 0 Å². The van der Waals surface area contributed by atoms with E-state index in [1.54, 1.807) is 6.07 Å². The third-order valence-corrected chi connectivity index (χ3v) is 6.51. The standard InChI is InChI=1S/C27H19ClN2O3/c1-15-14-16(28)10-11-20(15)30-21-12-13-23-24(25(21)29)27(19-8-4-5-9-22(19)32-23)18-7-3-2-6-17(18)26(31)33-27/h2-14,30H,29H2,1H3. The highest BCUT2D eigenvalue weighted by Gasteiger charge is 2.54. The van der Waals surface area contributed by atoms with E-state index < -0.39 is 5.60 Å². The van der Waals surface area contributed by atoms with Gasteiger partial charge >= 0.3 is 5.97 Å². The fourth-order valence-electron chi connectivity index (χ4n) is 4.77. The number of rotatable bonds is 2. The minimum absolute atomic E-state index is 0.389. The maximum absolute atomic E-state index is 13.0. The second-order valence-electron chi connectivity index (χ2n) is 8.20. The molecule has 0 radical (unpaired) electrons. The van der Waals surface area contributed by atoms with Gasteiger partial charge in [0.15, 0.2) is 5.60 Å². The molecule has 1 spiro atoms. The van der Waals surface area contributed by atoms with Crippen molar-refractivity contribution in [3.05, 3.63) is 112 Å². The summed E-state index contributed by atoms with van der Waals surface area (Å²) in [6.45, 7) is 1.97. The summed E-state index contributed by atoms with van der Waals surface area (Å²) in [6, 6.07) is 24.3. The molecule has 4 aromatic carbocycles. The Balaban J connectivity index is 1.60. The van der Waals surface area contributed by atoms with Gasteiger partial charge in [-0.25, -0.2) is 4.79 Å². The second-order valence-corrected chi connectivity index (χ2v) is 8.64. The predicted molar refractivity (Wildman–Crippen MR) is 129 cm³/mol. The molecule has 0 fully saturated rings. The van der Waals surface area contributed by atoms with E-state index in [1.165, 1.54) is 0 Å². The van der Waals surface area contributed by atoms with Crippen molar-refractivity contribution < 1.29 is 14.3 Å². The topological polar surface area (TPSA) is 73.6 Å². The Labute approximate surface area is 195 Å². The Morgan fingerprint density at radius 1 is 0.879 bits per heavy atom. The highest BCUT2D eigenvalue weighted by Crippen LogP contribution is 2.58. The van der Waals surface area contributed by atoms with E-state index in [0.717, 1.165) is 22.4 Å². The van der Waals surface area contributed by atoms with Crippen molar-refractivity contribution >= 4 is 34.6 Å². The number of carbonyl (C=O) groups is 1. The van der Waals surface area contributed by atoms with Gasteiger partial charge in [-0.15, -0.1) is 0 Å². The quantitative estimate of drug-likeness (QED) is 0.265. The molecule has 5 nitrogen and oxygen atoms in total. The van der Waals surface area contributed by atoms with E-state index >= 15 is 0 Å². The molecule has 0 bridgehead atoms. The van der Waals surface area contributed by atoms with Gasteiger partial charge in [0.1, 0.15) is 11.5 Å². The number of hydrogen-bond acceptors (Lipinski definition) is 5. The highest BCUT2D eigenvalue weighted by atomic mass is 35.5. The Hall–Kier alpha value is -3.96. The SMILES string of the molecule is Cc1cc(Cl)ccc1Nc1ccc2c(c1N)C1(OC(=O)c3ccccc31)c1ccccc1O2. The summed E-state index contributed by atoms with van der Waals surface area (Å²) in [5.41, 5.74) is 11.2. The molecule has 0 amide bonds. The molecule has 2 heterocycles. The van der Waals surface area contributed by atoms with Crippen molar-refractivity contribution in [2.24, 2.45) is 0 Å². The molecular weight excluding hydrogens is 436 g/mol. The van der Waals surface area contributed by atoms with Gasteiger partial charge in [-0.05, 0) is 55.0 Å². The molecule has 0 saturated heterocycles. The fourth-order valence-corrected chi connectivity index (χ4v) is 5.00. The summed E-state index contributed by atoms with van der Waals surface area (Å²) in [5, 5.41) is 4.07. The lowest BCUT2D eigenvalue weighted by Crippen LogP contribution is -2.34. The normalized spacial score (nSPS) is 17.6. The summed E-state index contributed by atoms with van der Waals surface area (Å²) in [7, 11) is 0. The minimum atomic E-state index is -1.20. The van der Waals surface area contributed by atoms with Crippen LogP contribution < -0.4 is 15.8 Å². The van der Waals surface area contributed by atoms with E-state index in [1.807, 2.05) is 79.7 Å². The number of ether oxygens (including phenoxy) is 2. The zero-order valence-electron chi connectivity index (χ0n) is 17.7. The van der Waals surface area contributed by atoms with E-state index in [0.29, 0.717) is 39.0 Å². The lowest BCUT2D eigenvalue weighted by molar-refractivity contribution is 0.0227. The number of para-hydroxylation sites is 1. The molecule has 162 valence electrons. The van der Waals surface area contributed by atoms with Crippen LogP contribution in [0.15, 0.2) is 78.9 Å². The largest absolute Gasteiger partial charge is 0.456 e. The molecule has 3 N–H and O–H groups in total. The van der Waals surface area contributed by atoms with E-state index in [2.05, 4.69) is 5.32 Å².